The molecule has 1 aromatic carbocycles. The highest BCUT2D eigenvalue weighted by Gasteiger charge is 2.29. The molecule has 104 valence electrons. The van der Waals surface area contributed by atoms with Crippen LogP contribution in [0.2, 0.25) is 0 Å². The monoisotopic (exact) mass is 261 g/mol. The lowest BCUT2D eigenvalue weighted by Crippen LogP contribution is -2.28. The van der Waals surface area contributed by atoms with Crippen molar-refractivity contribution in [3.8, 4) is 0 Å². The summed E-state index contributed by atoms with van der Waals surface area (Å²) in [5.41, 5.74) is 4.08. The zero-order valence-electron chi connectivity index (χ0n) is 12.1. The zero-order valence-corrected chi connectivity index (χ0v) is 12.1. The SMILES string of the molecule is COCCN1CC(Cc2cccc(C)c2C)CC1=O. The molecular formula is C16H23NO2. The molecule has 0 N–H and O–H groups in total. The summed E-state index contributed by atoms with van der Waals surface area (Å²) in [6.45, 7) is 6.53. The van der Waals surface area contributed by atoms with Gasteiger partial charge in [-0.3, -0.25) is 4.79 Å². The molecule has 3 nitrogen and oxygen atoms in total. The maximum absolute atomic E-state index is 11.9. The first-order valence-corrected chi connectivity index (χ1v) is 6.93. The van der Waals surface area contributed by atoms with Crippen LogP contribution in [0.5, 0.6) is 0 Å². The predicted molar refractivity (Wildman–Crippen MR) is 76.2 cm³/mol. The molecule has 3 heteroatoms. The minimum absolute atomic E-state index is 0.271. The van der Waals surface area contributed by atoms with Crippen molar-refractivity contribution in [3.63, 3.8) is 0 Å². The third kappa shape index (κ3) is 3.35. The summed E-state index contributed by atoms with van der Waals surface area (Å²) in [5.74, 6) is 0.720. The molecule has 1 aliphatic rings. The van der Waals surface area contributed by atoms with Gasteiger partial charge in [-0.15, -0.1) is 0 Å². The molecule has 0 radical (unpaired) electrons. The Labute approximate surface area is 115 Å². The van der Waals surface area contributed by atoms with E-state index in [1.165, 1.54) is 16.7 Å². The van der Waals surface area contributed by atoms with Gasteiger partial charge in [-0.1, -0.05) is 18.2 Å². The minimum atomic E-state index is 0.271. The van der Waals surface area contributed by atoms with Crippen molar-refractivity contribution < 1.29 is 9.53 Å². The number of ether oxygens (including phenoxy) is 1. The lowest BCUT2D eigenvalue weighted by Gasteiger charge is -2.16. The van der Waals surface area contributed by atoms with Crippen molar-refractivity contribution in [1.29, 1.82) is 0 Å². The number of nitrogens with zero attached hydrogens (tertiary/aromatic N) is 1. The lowest BCUT2D eigenvalue weighted by molar-refractivity contribution is -0.128. The van der Waals surface area contributed by atoms with Crippen LogP contribution in [0.25, 0.3) is 0 Å². The zero-order chi connectivity index (χ0) is 13.8. The Morgan fingerprint density at radius 3 is 2.89 bits per heavy atom. The molecule has 1 fully saturated rings. The molecule has 1 heterocycles. The quantitative estimate of drug-likeness (QED) is 0.814. The van der Waals surface area contributed by atoms with E-state index < -0.39 is 0 Å². The highest BCUT2D eigenvalue weighted by Crippen LogP contribution is 2.24. The maximum Gasteiger partial charge on any atom is 0.223 e. The number of aryl methyl sites for hydroxylation is 1. The van der Waals surface area contributed by atoms with Crippen LogP contribution in [-0.4, -0.2) is 37.6 Å². The molecule has 1 amide bonds. The molecule has 0 aliphatic carbocycles. The summed E-state index contributed by atoms with van der Waals surface area (Å²) in [4.78, 5) is 13.8. The van der Waals surface area contributed by atoms with E-state index in [0.29, 0.717) is 18.9 Å². The Balaban J connectivity index is 1.97. The van der Waals surface area contributed by atoms with Crippen LogP contribution in [-0.2, 0) is 16.0 Å². The summed E-state index contributed by atoms with van der Waals surface area (Å²) in [7, 11) is 1.67. The molecule has 0 saturated carbocycles. The van der Waals surface area contributed by atoms with Gasteiger partial charge in [0.1, 0.15) is 0 Å². The Kier molecular flexibility index (Phi) is 4.59. The van der Waals surface area contributed by atoms with E-state index in [1.807, 2.05) is 4.90 Å². The Morgan fingerprint density at radius 1 is 1.37 bits per heavy atom. The number of carbonyl (C=O) groups excluding carboxylic acids is 1. The van der Waals surface area contributed by atoms with Gasteiger partial charge in [0.15, 0.2) is 0 Å². The first-order chi connectivity index (χ1) is 9.11. The van der Waals surface area contributed by atoms with Gasteiger partial charge in [0, 0.05) is 26.6 Å². The number of hydrogen-bond acceptors (Lipinski definition) is 2. The van der Waals surface area contributed by atoms with Crippen LogP contribution in [0.15, 0.2) is 18.2 Å². The normalized spacial score (nSPS) is 19.2. The number of benzene rings is 1. The number of amides is 1. The molecule has 1 aromatic rings. The molecule has 19 heavy (non-hydrogen) atoms. The van der Waals surface area contributed by atoms with E-state index in [4.69, 9.17) is 4.74 Å². The van der Waals surface area contributed by atoms with Crippen molar-refractivity contribution in [2.24, 2.45) is 5.92 Å². The molecule has 1 saturated heterocycles. The van der Waals surface area contributed by atoms with Crippen LogP contribution in [0.1, 0.15) is 23.1 Å². The lowest BCUT2D eigenvalue weighted by atomic mass is 9.93. The standard InChI is InChI=1S/C16H23NO2/c1-12-5-4-6-15(13(12)2)9-14-10-16(18)17(11-14)7-8-19-3/h4-6,14H,7-11H2,1-3H3. The Hall–Kier alpha value is -1.35. The third-order valence-corrected chi connectivity index (χ3v) is 4.09. The van der Waals surface area contributed by atoms with Gasteiger partial charge in [-0.05, 0) is 42.9 Å². The van der Waals surface area contributed by atoms with Crippen LogP contribution < -0.4 is 0 Å². The molecule has 1 aliphatic heterocycles. The van der Waals surface area contributed by atoms with Gasteiger partial charge in [0.05, 0.1) is 6.61 Å². The van der Waals surface area contributed by atoms with Crippen molar-refractivity contribution in [2.75, 3.05) is 26.8 Å². The largest absolute Gasteiger partial charge is 0.383 e. The van der Waals surface area contributed by atoms with E-state index in [-0.39, 0.29) is 5.91 Å². The fraction of sp³-hybridized carbons (Fsp3) is 0.562. The molecule has 1 atom stereocenters. The number of methoxy groups -OCH3 is 1. The van der Waals surface area contributed by atoms with Crippen LogP contribution in [0.3, 0.4) is 0 Å². The van der Waals surface area contributed by atoms with Gasteiger partial charge < -0.3 is 9.64 Å². The van der Waals surface area contributed by atoms with E-state index in [9.17, 15) is 4.79 Å². The highest BCUT2D eigenvalue weighted by molar-refractivity contribution is 5.78. The summed E-state index contributed by atoms with van der Waals surface area (Å²) < 4.78 is 5.05. The van der Waals surface area contributed by atoms with Crippen molar-refractivity contribution >= 4 is 5.91 Å². The predicted octanol–water partition coefficient (Wildman–Crippen LogP) is 2.34. The Bertz CT molecular complexity index is 456. The number of rotatable bonds is 5. The number of likely N-dealkylation sites (tertiary alicyclic amines) is 1. The van der Waals surface area contributed by atoms with E-state index in [2.05, 4.69) is 32.0 Å². The topological polar surface area (TPSA) is 29.5 Å². The molecule has 0 aromatic heterocycles. The summed E-state index contributed by atoms with van der Waals surface area (Å²) in [6.07, 6.45) is 1.68. The molecule has 2 rings (SSSR count). The maximum atomic E-state index is 11.9. The van der Waals surface area contributed by atoms with Gasteiger partial charge in [0.2, 0.25) is 5.91 Å². The fourth-order valence-corrected chi connectivity index (χ4v) is 2.75. The van der Waals surface area contributed by atoms with E-state index in [0.717, 1.165) is 19.5 Å². The van der Waals surface area contributed by atoms with E-state index in [1.54, 1.807) is 7.11 Å². The highest BCUT2D eigenvalue weighted by atomic mass is 16.5. The van der Waals surface area contributed by atoms with Crippen LogP contribution in [0, 0.1) is 19.8 Å². The summed E-state index contributed by atoms with van der Waals surface area (Å²) in [6, 6.07) is 6.44. The number of hydrogen-bond donors (Lipinski definition) is 0. The first kappa shape index (κ1) is 14.1. The Morgan fingerprint density at radius 2 is 2.16 bits per heavy atom. The molecule has 0 bridgehead atoms. The van der Waals surface area contributed by atoms with Gasteiger partial charge >= 0.3 is 0 Å². The minimum Gasteiger partial charge on any atom is -0.383 e. The summed E-state index contributed by atoms with van der Waals surface area (Å²) >= 11 is 0. The molecule has 0 spiro atoms. The second-order valence-corrected chi connectivity index (χ2v) is 5.47. The van der Waals surface area contributed by atoms with Crippen molar-refractivity contribution in [2.45, 2.75) is 26.7 Å². The van der Waals surface area contributed by atoms with Crippen molar-refractivity contribution in [3.05, 3.63) is 34.9 Å². The van der Waals surface area contributed by atoms with Gasteiger partial charge in [-0.2, -0.15) is 0 Å². The molecule has 1 unspecified atom stereocenters. The molecular weight excluding hydrogens is 238 g/mol. The van der Waals surface area contributed by atoms with E-state index >= 15 is 0 Å². The third-order valence-electron chi connectivity index (χ3n) is 4.09. The van der Waals surface area contributed by atoms with Crippen LogP contribution in [0.4, 0.5) is 0 Å². The first-order valence-electron chi connectivity index (χ1n) is 6.93. The van der Waals surface area contributed by atoms with Gasteiger partial charge in [-0.25, -0.2) is 0 Å². The average molecular weight is 261 g/mol. The van der Waals surface area contributed by atoms with Crippen LogP contribution >= 0.6 is 0 Å². The average Bonchev–Trinajstić information content (AvgIpc) is 2.73. The second-order valence-electron chi connectivity index (χ2n) is 5.47. The smallest absolute Gasteiger partial charge is 0.223 e. The summed E-state index contributed by atoms with van der Waals surface area (Å²) in [5, 5.41) is 0. The number of carbonyl (C=O) groups is 1. The second kappa shape index (κ2) is 6.20. The fourth-order valence-electron chi connectivity index (χ4n) is 2.75. The van der Waals surface area contributed by atoms with Crippen molar-refractivity contribution in [1.82, 2.24) is 4.90 Å². The van der Waals surface area contributed by atoms with Gasteiger partial charge in [0.25, 0.3) is 0 Å².